The molecule has 0 aliphatic heterocycles. The van der Waals surface area contributed by atoms with Crippen LogP contribution in [0.25, 0.3) is 0 Å². The summed E-state index contributed by atoms with van der Waals surface area (Å²) in [5.74, 6) is 0. The lowest BCUT2D eigenvalue weighted by Gasteiger charge is -2.20. The van der Waals surface area contributed by atoms with Crippen molar-refractivity contribution in [2.75, 3.05) is 13.1 Å². The minimum absolute atomic E-state index is 0.228. The fraction of sp³-hybridized carbons (Fsp3) is 0.919. The molecule has 0 aliphatic carbocycles. The second-order valence-corrected chi connectivity index (χ2v) is 12.6. The highest BCUT2D eigenvalue weighted by molar-refractivity contribution is 5.71. The van der Waals surface area contributed by atoms with Crippen molar-refractivity contribution in [3.63, 3.8) is 0 Å². The highest BCUT2D eigenvalue weighted by Gasteiger charge is 2.08. The first-order valence-corrected chi connectivity index (χ1v) is 18.4. The Morgan fingerprint density at radius 1 is 0.425 bits per heavy atom. The van der Waals surface area contributed by atoms with E-state index >= 15 is 0 Å². The van der Waals surface area contributed by atoms with Crippen LogP contribution in [-0.4, -0.2) is 24.0 Å². The lowest BCUT2D eigenvalue weighted by atomic mass is 10.0. The van der Waals surface area contributed by atoms with Crippen LogP contribution in [0.1, 0.15) is 206 Å². The molecule has 0 fully saturated rings. The van der Waals surface area contributed by atoms with Crippen LogP contribution in [0.3, 0.4) is 0 Å². The number of carbonyl (C=O) groups is 1. The minimum Gasteiger partial charge on any atom is -0.351 e. The van der Waals surface area contributed by atoms with Gasteiger partial charge in [-0.05, 0) is 38.5 Å². The fourth-order valence-corrected chi connectivity index (χ4v) is 5.73. The van der Waals surface area contributed by atoms with E-state index in [1.807, 2.05) is 4.90 Å². The quantitative estimate of drug-likeness (QED) is 0.0627. The fourth-order valence-electron chi connectivity index (χ4n) is 5.73. The molecule has 238 valence electrons. The zero-order valence-corrected chi connectivity index (χ0v) is 27.7. The van der Waals surface area contributed by atoms with Gasteiger partial charge in [-0.25, -0.2) is 4.79 Å². The number of rotatable bonds is 33. The summed E-state index contributed by atoms with van der Waals surface area (Å²) in [6.45, 7) is 6.26. The molecule has 0 saturated heterocycles. The van der Waals surface area contributed by atoms with Crippen LogP contribution < -0.4 is 5.73 Å². The number of carbonyl (C=O) groups excluding carboxylic acids is 1. The Balaban J connectivity index is 3.42. The highest BCUT2D eigenvalue weighted by Crippen LogP contribution is 2.14. The number of primary amides is 1. The molecule has 0 aromatic rings. The van der Waals surface area contributed by atoms with Gasteiger partial charge in [0.1, 0.15) is 0 Å². The Morgan fingerprint density at radius 2 is 0.675 bits per heavy atom. The van der Waals surface area contributed by atoms with E-state index in [1.54, 1.807) is 0 Å². The number of nitrogens with two attached hydrogens (primary N) is 1. The average molecular weight is 563 g/mol. The summed E-state index contributed by atoms with van der Waals surface area (Å²) in [6, 6.07) is -0.228. The van der Waals surface area contributed by atoms with E-state index in [4.69, 9.17) is 5.73 Å². The first kappa shape index (κ1) is 39.0. The van der Waals surface area contributed by atoms with Gasteiger partial charge in [0.2, 0.25) is 0 Å². The van der Waals surface area contributed by atoms with Gasteiger partial charge in [0.15, 0.2) is 0 Å². The van der Waals surface area contributed by atoms with Crippen molar-refractivity contribution >= 4 is 6.03 Å². The molecule has 0 atom stereocenters. The molecule has 2 N–H and O–H groups in total. The smallest absolute Gasteiger partial charge is 0.314 e. The van der Waals surface area contributed by atoms with Crippen molar-refractivity contribution in [1.29, 1.82) is 0 Å². The van der Waals surface area contributed by atoms with Crippen molar-refractivity contribution in [2.24, 2.45) is 5.73 Å². The molecule has 0 aromatic heterocycles. The predicted molar refractivity (Wildman–Crippen MR) is 180 cm³/mol. The van der Waals surface area contributed by atoms with Crippen LogP contribution >= 0.6 is 0 Å². The Labute approximate surface area is 252 Å². The molecule has 0 radical (unpaired) electrons. The van der Waals surface area contributed by atoms with E-state index in [2.05, 4.69) is 26.0 Å². The van der Waals surface area contributed by atoms with Crippen LogP contribution in [0.5, 0.6) is 0 Å². The van der Waals surface area contributed by atoms with E-state index < -0.39 is 0 Å². The topological polar surface area (TPSA) is 46.3 Å². The normalized spacial score (nSPS) is 11.6. The average Bonchev–Trinajstić information content (AvgIpc) is 2.95. The summed E-state index contributed by atoms with van der Waals surface area (Å²) < 4.78 is 0. The third kappa shape index (κ3) is 31.5. The van der Waals surface area contributed by atoms with Crippen molar-refractivity contribution in [3.05, 3.63) is 12.2 Å². The van der Waals surface area contributed by atoms with E-state index in [-0.39, 0.29) is 6.03 Å². The number of allylic oxidation sites excluding steroid dienone is 2. The van der Waals surface area contributed by atoms with E-state index in [9.17, 15) is 4.79 Å². The Bertz CT molecular complexity index is 518. The van der Waals surface area contributed by atoms with E-state index in [0.717, 1.165) is 25.9 Å². The van der Waals surface area contributed by atoms with Gasteiger partial charge in [-0.2, -0.15) is 0 Å². The second-order valence-electron chi connectivity index (χ2n) is 12.6. The summed E-state index contributed by atoms with van der Waals surface area (Å²) in [4.78, 5) is 13.7. The zero-order chi connectivity index (χ0) is 29.2. The highest BCUT2D eigenvalue weighted by atomic mass is 16.2. The molecular weight excluding hydrogens is 488 g/mol. The van der Waals surface area contributed by atoms with Crippen LogP contribution in [0.15, 0.2) is 12.2 Å². The zero-order valence-electron chi connectivity index (χ0n) is 27.7. The maximum Gasteiger partial charge on any atom is 0.314 e. The van der Waals surface area contributed by atoms with Crippen molar-refractivity contribution in [1.82, 2.24) is 4.90 Å². The van der Waals surface area contributed by atoms with Crippen LogP contribution in [0.4, 0.5) is 4.79 Å². The molecule has 0 unspecified atom stereocenters. The minimum atomic E-state index is -0.228. The van der Waals surface area contributed by atoms with Gasteiger partial charge in [0.05, 0.1) is 0 Å². The number of urea groups is 1. The van der Waals surface area contributed by atoms with Gasteiger partial charge < -0.3 is 10.6 Å². The number of unbranched alkanes of at least 4 members (excludes halogenated alkanes) is 27. The molecule has 0 aromatic carbocycles. The van der Waals surface area contributed by atoms with Crippen LogP contribution in [0, 0.1) is 0 Å². The summed E-state index contributed by atoms with van der Waals surface area (Å²) in [7, 11) is 0. The lowest BCUT2D eigenvalue weighted by molar-refractivity contribution is 0.204. The second kappa shape index (κ2) is 34.2. The van der Waals surface area contributed by atoms with Gasteiger partial charge in [-0.3, -0.25) is 0 Å². The molecule has 40 heavy (non-hydrogen) atoms. The monoisotopic (exact) mass is 563 g/mol. The van der Waals surface area contributed by atoms with Gasteiger partial charge in [-0.1, -0.05) is 180 Å². The largest absolute Gasteiger partial charge is 0.351 e. The number of hydrogen-bond acceptors (Lipinski definition) is 1. The predicted octanol–water partition coefficient (Wildman–Crippen LogP) is 12.7. The molecule has 0 bridgehead atoms. The van der Waals surface area contributed by atoms with Crippen molar-refractivity contribution in [3.8, 4) is 0 Å². The van der Waals surface area contributed by atoms with Gasteiger partial charge >= 0.3 is 6.03 Å². The Kier molecular flexibility index (Phi) is 33.4. The molecule has 0 rings (SSSR count). The molecule has 0 aliphatic rings. The Morgan fingerprint density at radius 3 is 0.950 bits per heavy atom. The maximum atomic E-state index is 11.8. The van der Waals surface area contributed by atoms with Crippen molar-refractivity contribution < 1.29 is 4.79 Å². The molecule has 0 saturated carbocycles. The SMILES string of the molecule is CCCCCCCCC=CCCCCCCCCN(CCCCCCCCCCCCCCCCCC)C(N)=O. The molecule has 3 heteroatoms. The summed E-state index contributed by atoms with van der Waals surface area (Å²) in [6.07, 6.45) is 45.3. The third-order valence-corrected chi connectivity index (χ3v) is 8.53. The molecule has 0 heterocycles. The first-order valence-electron chi connectivity index (χ1n) is 18.4. The number of hydrogen-bond donors (Lipinski definition) is 1. The van der Waals surface area contributed by atoms with E-state index in [0.29, 0.717) is 0 Å². The Hall–Kier alpha value is -0.990. The third-order valence-electron chi connectivity index (χ3n) is 8.53. The summed E-state index contributed by atoms with van der Waals surface area (Å²) in [5, 5.41) is 0. The van der Waals surface area contributed by atoms with Crippen molar-refractivity contribution in [2.45, 2.75) is 206 Å². The van der Waals surface area contributed by atoms with Crippen LogP contribution in [0.2, 0.25) is 0 Å². The molecule has 0 spiro atoms. The lowest BCUT2D eigenvalue weighted by Crippen LogP contribution is -2.37. The van der Waals surface area contributed by atoms with Crippen LogP contribution in [-0.2, 0) is 0 Å². The molecular formula is C37H74N2O. The summed E-state index contributed by atoms with van der Waals surface area (Å²) in [5.41, 5.74) is 5.65. The first-order chi connectivity index (χ1) is 19.7. The number of nitrogens with zero attached hydrogens (tertiary/aromatic N) is 1. The standard InChI is InChI=1S/C37H74N2O/c1-3-5-7-9-11-13-15-17-19-21-23-25-27-29-31-33-35-39(37(38)40)36-34-32-30-28-26-24-22-20-18-16-14-12-10-8-6-4-2/h17,19H,3-16,18,20-36H2,1-2H3,(H2,38,40). The maximum absolute atomic E-state index is 11.8. The summed E-state index contributed by atoms with van der Waals surface area (Å²) >= 11 is 0. The number of amides is 2. The van der Waals surface area contributed by atoms with Gasteiger partial charge in [-0.15, -0.1) is 0 Å². The van der Waals surface area contributed by atoms with E-state index in [1.165, 1.54) is 180 Å². The van der Waals surface area contributed by atoms with Gasteiger partial charge in [0.25, 0.3) is 0 Å². The molecule has 3 nitrogen and oxygen atoms in total. The molecule has 2 amide bonds. The van der Waals surface area contributed by atoms with Gasteiger partial charge in [0, 0.05) is 13.1 Å².